The predicted molar refractivity (Wildman–Crippen MR) is 194 cm³/mol. The first kappa shape index (κ1) is 35.9. The lowest BCUT2D eigenvalue weighted by Crippen LogP contribution is -2.56. The minimum Gasteiger partial charge on any atom is -0.483 e. The van der Waals surface area contributed by atoms with Crippen molar-refractivity contribution in [3.05, 3.63) is 71.6 Å². The summed E-state index contributed by atoms with van der Waals surface area (Å²) in [5, 5.41) is 6.87. The van der Waals surface area contributed by atoms with Crippen molar-refractivity contribution >= 4 is 44.5 Å². The van der Waals surface area contributed by atoms with Gasteiger partial charge in [0.05, 0.1) is 23.3 Å². The molecule has 1 aromatic carbocycles. The van der Waals surface area contributed by atoms with Gasteiger partial charge in [-0.1, -0.05) is 43.2 Å². The van der Waals surface area contributed by atoms with Crippen LogP contribution in [0.1, 0.15) is 81.0 Å². The fourth-order valence-electron chi connectivity index (χ4n) is 9.07. The van der Waals surface area contributed by atoms with Crippen molar-refractivity contribution < 1.29 is 40.7 Å². The van der Waals surface area contributed by atoms with Gasteiger partial charge in [-0.05, 0) is 76.5 Å². The van der Waals surface area contributed by atoms with Gasteiger partial charge >= 0.3 is 6.18 Å². The average Bonchev–Trinajstić information content (AvgIpc) is 4.10. The minimum atomic E-state index is -4.63. The summed E-state index contributed by atoms with van der Waals surface area (Å²) in [6.07, 6.45) is 5.19. The van der Waals surface area contributed by atoms with Crippen molar-refractivity contribution in [2.24, 2.45) is 5.92 Å². The van der Waals surface area contributed by atoms with E-state index in [0.717, 1.165) is 45.5 Å². The van der Waals surface area contributed by atoms with Crippen molar-refractivity contribution in [1.29, 1.82) is 0 Å². The fourth-order valence-corrected chi connectivity index (χ4v) is 11.2. The number of allylic oxidation sites excluding steroid dienone is 1. The van der Waals surface area contributed by atoms with Crippen LogP contribution >= 0.6 is 0 Å². The average molecular weight is 779 g/mol. The Morgan fingerprint density at radius 3 is 2.64 bits per heavy atom. The molecule has 2 N–H and O–H groups in total. The Kier molecular flexibility index (Phi) is 8.09. The summed E-state index contributed by atoms with van der Waals surface area (Å²) in [5.74, 6) is -1.75. The Morgan fingerprint density at radius 2 is 1.87 bits per heavy atom. The van der Waals surface area contributed by atoms with Crippen LogP contribution in [0.2, 0.25) is 0 Å². The van der Waals surface area contributed by atoms with E-state index in [1.807, 2.05) is 43.3 Å². The summed E-state index contributed by atoms with van der Waals surface area (Å²) in [6.45, 7) is 1.85. The summed E-state index contributed by atoms with van der Waals surface area (Å²) >= 11 is 0. The summed E-state index contributed by atoms with van der Waals surface area (Å²) in [7, 11) is -3.78. The highest BCUT2D eigenvalue weighted by Crippen LogP contribution is 2.64. The molecular formula is C39H41F3N6O6S. The number of fused-ring (bicyclic) bond motifs is 5. The molecule has 4 aliphatic heterocycles. The molecule has 3 aromatic rings. The van der Waals surface area contributed by atoms with Crippen LogP contribution in [-0.4, -0.2) is 80.0 Å². The van der Waals surface area contributed by atoms with Gasteiger partial charge < -0.3 is 20.3 Å². The molecule has 12 nitrogen and oxygen atoms in total. The van der Waals surface area contributed by atoms with Crippen molar-refractivity contribution in [2.45, 2.75) is 112 Å². The number of ether oxygens (including phenoxy) is 1. The normalized spacial score (nSPS) is 31.3. The molecule has 3 amide bonds. The topological polar surface area (TPSA) is 151 Å². The standard InChI is InChI=1S/C39H41F3N6O6S/c1-23-32-27(26-10-7-8-11-28(26)44-23)13-15-36(54-32)21-30-33(49)46-38(35(51)48-37(16-17-37)55(48,52)53)20-25(38)9-5-3-2-4-6-12-29(34(50)47(30)22-36)45-31-19-24(14-18-43-31)39(40,41)42/h5,7-11,14,18-19,25,29-30H,2-4,6,12-13,15-17,20-22H2,1H3,(H,43,45)(H,46,49)/b9-5-/t25-,29+,30+,36-,38-,48?/m1/s1. The van der Waals surface area contributed by atoms with Gasteiger partial charge in [-0.15, -0.1) is 0 Å². The molecule has 6 aliphatic rings. The van der Waals surface area contributed by atoms with Gasteiger partial charge in [0, 0.05) is 29.5 Å². The van der Waals surface area contributed by atoms with Crippen molar-refractivity contribution in [2.75, 3.05) is 11.9 Å². The number of hydrogen-bond donors (Lipinski definition) is 2. The molecule has 0 radical (unpaired) electrons. The maximum atomic E-state index is 14.8. The molecule has 2 spiro atoms. The van der Waals surface area contributed by atoms with Crippen LogP contribution in [0.15, 0.2) is 54.7 Å². The van der Waals surface area contributed by atoms with Crippen LogP contribution in [-0.2, 0) is 37.0 Å². The summed E-state index contributed by atoms with van der Waals surface area (Å²) in [6, 6.07) is 7.30. The second-order valence-electron chi connectivity index (χ2n) is 16.0. The van der Waals surface area contributed by atoms with E-state index in [9.17, 15) is 36.0 Å². The number of amides is 3. The zero-order chi connectivity index (χ0) is 38.5. The summed E-state index contributed by atoms with van der Waals surface area (Å²) < 4.78 is 74.7. The molecule has 2 aromatic heterocycles. The van der Waals surface area contributed by atoms with Crippen molar-refractivity contribution in [3.8, 4) is 5.75 Å². The van der Waals surface area contributed by atoms with Gasteiger partial charge in [-0.25, -0.2) is 22.7 Å². The summed E-state index contributed by atoms with van der Waals surface area (Å²) in [5.41, 5.74) is -0.959. The molecule has 2 saturated carbocycles. The smallest absolute Gasteiger partial charge is 0.416 e. The Bertz CT molecular complexity index is 2280. The molecule has 290 valence electrons. The van der Waals surface area contributed by atoms with E-state index in [0.29, 0.717) is 56.4 Å². The van der Waals surface area contributed by atoms with Crippen LogP contribution in [0, 0.1) is 12.8 Å². The van der Waals surface area contributed by atoms with E-state index >= 15 is 0 Å². The Morgan fingerprint density at radius 1 is 1.07 bits per heavy atom. The van der Waals surface area contributed by atoms with Gasteiger partial charge in [0.1, 0.15) is 34.8 Å². The molecule has 9 rings (SSSR count). The van der Waals surface area contributed by atoms with E-state index in [-0.39, 0.29) is 31.6 Å². The van der Waals surface area contributed by atoms with E-state index in [4.69, 9.17) is 9.72 Å². The van der Waals surface area contributed by atoms with E-state index in [1.165, 1.54) is 4.90 Å². The first-order valence-electron chi connectivity index (χ1n) is 18.9. The number of anilines is 1. The zero-order valence-electron chi connectivity index (χ0n) is 30.2. The maximum absolute atomic E-state index is 14.8. The number of alkyl halides is 3. The van der Waals surface area contributed by atoms with Crippen LogP contribution in [0.25, 0.3) is 10.9 Å². The number of aromatic nitrogens is 2. The van der Waals surface area contributed by atoms with Gasteiger partial charge in [-0.2, -0.15) is 13.2 Å². The molecule has 16 heteroatoms. The first-order valence-corrected chi connectivity index (χ1v) is 20.4. The number of halogens is 3. The molecule has 0 unspecified atom stereocenters. The van der Waals surface area contributed by atoms with Crippen LogP contribution < -0.4 is 15.4 Å². The third-order valence-corrected chi connectivity index (χ3v) is 14.7. The second kappa shape index (κ2) is 12.4. The molecule has 0 bridgehead atoms. The molecule has 4 fully saturated rings. The highest BCUT2D eigenvalue weighted by Gasteiger charge is 2.83. The molecule has 2 aliphatic carbocycles. The number of carbonyl (C=O) groups is 3. The largest absolute Gasteiger partial charge is 0.483 e. The third-order valence-electron chi connectivity index (χ3n) is 12.4. The fraction of sp³-hybridized carbons (Fsp3) is 0.513. The van der Waals surface area contributed by atoms with Gasteiger partial charge in [0.15, 0.2) is 4.87 Å². The lowest BCUT2D eigenvalue weighted by molar-refractivity contribution is -0.141. The lowest BCUT2D eigenvalue weighted by Gasteiger charge is -2.36. The van der Waals surface area contributed by atoms with Gasteiger partial charge in [0.25, 0.3) is 15.9 Å². The number of aryl methyl sites for hydroxylation is 2. The quantitative estimate of drug-likeness (QED) is 0.272. The first-order chi connectivity index (χ1) is 26.2. The highest BCUT2D eigenvalue weighted by atomic mass is 32.2. The number of benzene rings is 1. The minimum absolute atomic E-state index is 0.00226. The van der Waals surface area contributed by atoms with Crippen LogP contribution in [0.5, 0.6) is 5.75 Å². The monoisotopic (exact) mass is 778 g/mol. The highest BCUT2D eigenvalue weighted by molar-refractivity contribution is 7.98. The number of nitrogens with zero attached hydrogens (tertiary/aromatic N) is 4. The van der Waals surface area contributed by atoms with Crippen LogP contribution in [0.4, 0.5) is 19.0 Å². The lowest BCUT2D eigenvalue weighted by atomic mass is 9.87. The number of pyridine rings is 2. The second-order valence-corrected chi connectivity index (χ2v) is 18.1. The van der Waals surface area contributed by atoms with E-state index in [1.54, 1.807) is 0 Å². The SMILES string of the molecule is Cc1nc2ccccc2c2c1O[C@]1(CC2)C[C@H]2C(=O)N[C@]3(C(=O)N4C5(CC5)S4(=O)=O)C[C@H]3/C=C\CCCCC[C@H](Nc3cc(C(F)(F)F)ccn3)C(=O)N2C1. The number of carbonyl (C=O) groups excluding carboxylic acids is 3. The van der Waals surface area contributed by atoms with Crippen LogP contribution in [0.3, 0.4) is 0 Å². The predicted octanol–water partition coefficient (Wildman–Crippen LogP) is 5.16. The van der Waals surface area contributed by atoms with Gasteiger partial charge in [-0.3, -0.25) is 14.4 Å². The number of rotatable bonds is 3. The molecule has 55 heavy (non-hydrogen) atoms. The number of nitrogens with one attached hydrogen (secondary N) is 2. The van der Waals surface area contributed by atoms with E-state index in [2.05, 4.69) is 15.6 Å². The van der Waals surface area contributed by atoms with Crippen molar-refractivity contribution in [1.82, 2.24) is 24.5 Å². The number of para-hydroxylation sites is 1. The Balaban J connectivity index is 1.08. The number of sulfonamides is 1. The van der Waals surface area contributed by atoms with Crippen molar-refractivity contribution in [3.63, 3.8) is 0 Å². The maximum Gasteiger partial charge on any atom is 0.416 e. The van der Waals surface area contributed by atoms with E-state index < -0.39 is 73.5 Å². The number of hydrogen-bond acceptors (Lipinski definition) is 9. The molecular weight excluding hydrogens is 738 g/mol. The molecule has 6 heterocycles. The molecule has 5 atom stereocenters. The third kappa shape index (κ3) is 5.84. The molecule has 2 saturated heterocycles. The Labute approximate surface area is 315 Å². The summed E-state index contributed by atoms with van der Waals surface area (Å²) in [4.78, 5) is 52.7. The Hall–Kier alpha value is -4.73. The zero-order valence-corrected chi connectivity index (χ0v) is 31.0. The van der Waals surface area contributed by atoms with Gasteiger partial charge in [0.2, 0.25) is 11.8 Å².